The first-order valence-corrected chi connectivity index (χ1v) is 6.96. The summed E-state index contributed by atoms with van der Waals surface area (Å²) in [6, 6.07) is 5.72. The van der Waals surface area contributed by atoms with E-state index in [0.717, 1.165) is 11.4 Å². The molecule has 0 saturated carbocycles. The highest BCUT2D eigenvalue weighted by Gasteiger charge is 2.27. The lowest BCUT2D eigenvalue weighted by Gasteiger charge is -2.21. The number of carbonyl (C=O) groups excluding carboxylic acids is 1. The second-order valence-electron chi connectivity index (χ2n) is 4.94. The third kappa shape index (κ3) is 2.72. The minimum Gasteiger partial charge on any atom is -0.466 e. The van der Waals surface area contributed by atoms with E-state index in [9.17, 15) is 4.79 Å². The molecule has 7 heteroatoms. The highest BCUT2D eigenvalue weighted by molar-refractivity contribution is 5.73. The number of hydrogen-bond acceptors (Lipinski definition) is 6. The van der Waals surface area contributed by atoms with Crippen LogP contribution in [0, 0.1) is 12.8 Å². The van der Waals surface area contributed by atoms with E-state index in [2.05, 4.69) is 20.4 Å². The Morgan fingerprint density at radius 3 is 3.10 bits per heavy atom. The van der Waals surface area contributed by atoms with E-state index in [-0.39, 0.29) is 11.9 Å². The molecular weight excluding hydrogens is 270 g/mol. The molecule has 0 fully saturated rings. The van der Waals surface area contributed by atoms with Gasteiger partial charge in [0.1, 0.15) is 5.69 Å². The smallest absolute Gasteiger partial charge is 0.312 e. The number of nitrogens with one attached hydrogen (secondary N) is 1. The molecule has 0 bridgehead atoms. The van der Waals surface area contributed by atoms with E-state index in [4.69, 9.17) is 4.74 Å². The Hall–Kier alpha value is -2.44. The van der Waals surface area contributed by atoms with E-state index in [1.165, 1.54) is 0 Å². The van der Waals surface area contributed by atoms with E-state index < -0.39 is 0 Å². The minimum absolute atomic E-state index is 0.207. The van der Waals surface area contributed by atoms with Gasteiger partial charge in [0.05, 0.1) is 19.1 Å². The molecule has 0 amide bonds. The van der Waals surface area contributed by atoms with Gasteiger partial charge in [0, 0.05) is 12.2 Å². The van der Waals surface area contributed by atoms with Crippen molar-refractivity contribution < 1.29 is 9.53 Å². The first-order valence-electron chi connectivity index (χ1n) is 6.96. The highest BCUT2D eigenvalue weighted by atomic mass is 16.5. The van der Waals surface area contributed by atoms with Crippen LogP contribution in [0.4, 0.5) is 5.95 Å². The fourth-order valence-electron chi connectivity index (χ4n) is 2.28. The van der Waals surface area contributed by atoms with Gasteiger partial charge in [-0.05, 0) is 26.0 Å². The molecule has 0 aromatic carbocycles. The molecule has 110 valence electrons. The molecule has 7 nitrogen and oxygen atoms in total. The van der Waals surface area contributed by atoms with Gasteiger partial charge >= 0.3 is 5.97 Å². The molecule has 1 aliphatic heterocycles. The lowest BCUT2D eigenvalue weighted by Crippen LogP contribution is -2.34. The molecule has 2 aromatic heterocycles. The average molecular weight is 287 g/mol. The van der Waals surface area contributed by atoms with Crippen molar-refractivity contribution in [2.75, 3.05) is 18.5 Å². The normalized spacial score (nSPS) is 17.0. The summed E-state index contributed by atoms with van der Waals surface area (Å²) in [7, 11) is 0. The number of esters is 1. The summed E-state index contributed by atoms with van der Waals surface area (Å²) in [5, 5.41) is 7.55. The number of aromatic nitrogens is 4. The fraction of sp³-hybridized carbons (Fsp3) is 0.429. The second-order valence-corrected chi connectivity index (χ2v) is 4.94. The van der Waals surface area contributed by atoms with E-state index in [1.54, 1.807) is 11.6 Å². The van der Waals surface area contributed by atoms with Gasteiger partial charge in [-0.2, -0.15) is 4.98 Å². The Balaban J connectivity index is 1.83. The summed E-state index contributed by atoms with van der Waals surface area (Å²) in [5.74, 6) is 0.776. The fourth-order valence-corrected chi connectivity index (χ4v) is 2.28. The minimum atomic E-state index is -0.238. The van der Waals surface area contributed by atoms with Crippen LogP contribution in [0.2, 0.25) is 0 Å². The monoisotopic (exact) mass is 287 g/mol. The largest absolute Gasteiger partial charge is 0.466 e. The van der Waals surface area contributed by atoms with Crippen LogP contribution < -0.4 is 5.32 Å². The Morgan fingerprint density at radius 1 is 1.48 bits per heavy atom. The molecule has 0 saturated heterocycles. The molecular formula is C14H17N5O2. The first-order chi connectivity index (χ1) is 10.2. The number of nitrogens with zero attached hydrogens (tertiary/aromatic N) is 4. The molecule has 3 rings (SSSR count). The van der Waals surface area contributed by atoms with Crippen molar-refractivity contribution in [2.24, 2.45) is 5.92 Å². The number of aryl methyl sites for hydroxylation is 1. The first kappa shape index (κ1) is 13.5. The van der Waals surface area contributed by atoms with Crippen LogP contribution >= 0.6 is 0 Å². The van der Waals surface area contributed by atoms with Gasteiger partial charge in [0.15, 0.2) is 0 Å². The van der Waals surface area contributed by atoms with Gasteiger partial charge in [-0.3, -0.25) is 4.79 Å². The summed E-state index contributed by atoms with van der Waals surface area (Å²) in [6.07, 6.45) is 0. The van der Waals surface area contributed by atoms with Crippen LogP contribution in [0.15, 0.2) is 18.2 Å². The summed E-state index contributed by atoms with van der Waals surface area (Å²) >= 11 is 0. The van der Waals surface area contributed by atoms with E-state index >= 15 is 0 Å². The van der Waals surface area contributed by atoms with E-state index in [1.807, 2.05) is 25.1 Å². The van der Waals surface area contributed by atoms with Crippen molar-refractivity contribution in [3.05, 3.63) is 23.9 Å². The number of rotatable bonds is 3. The van der Waals surface area contributed by atoms with Gasteiger partial charge < -0.3 is 10.1 Å². The van der Waals surface area contributed by atoms with Crippen LogP contribution in [0.5, 0.6) is 0 Å². The Labute approximate surface area is 122 Å². The molecule has 21 heavy (non-hydrogen) atoms. The molecule has 1 N–H and O–H groups in total. The molecule has 0 spiro atoms. The van der Waals surface area contributed by atoms with Crippen molar-refractivity contribution in [3.8, 4) is 11.5 Å². The maximum Gasteiger partial charge on any atom is 0.312 e. The molecule has 2 aromatic rings. The zero-order valence-corrected chi connectivity index (χ0v) is 12.0. The van der Waals surface area contributed by atoms with Gasteiger partial charge in [-0.15, -0.1) is 5.10 Å². The highest BCUT2D eigenvalue weighted by Crippen LogP contribution is 2.21. The Kier molecular flexibility index (Phi) is 3.55. The predicted molar refractivity (Wildman–Crippen MR) is 76.6 cm³/mol. The van der Waals surface area contributed by atoms with Crippen molar-refractivity contribution in [1.29, 1.82) is 0 Å². The summed E-state index contributed by atoms with van der Waals surface area (Å²) in [4.78, 5) is 20.6. The lowest BCUT2D eigenvalue weighted by molar-refractivity contribution is -0.148. The van der Waals surface area contributed by atoms with Gasteiger partial charge in [0.25, 0.3) is 0 Å². The number of anilines is 1. The van der Waals surface area contributed by atoms with Gasteiger partial charge in [-0.25, -0.2) is 9.67 Å². The standard InChI is InChI=1S/C14H17N5O2/c1-3-21-13(20)10-7-15-14-17-12(18-19(14)8-10)11-6-4-5-9(2)16-11/h4-6,10H,3,7-8H2,1-2H3,(H,15,17,18). The number of ether oxygens (including phenoxy) is 1. The van der Waals surface area contributed by atoms with Crippen LogP contribution in [-0.4, -0.2) is 38.9 Å². The quantitative estimate of drug-likeness (QED) is 0.856. The van der Waals surface area contributed by atoms with Crippen molar-refractivity contribution in [3.63, 3.8) is 0 Å². The van der Waals surface area contributed by atoms with Gasteiger partial charge in [-0.1, -0.05) is 6.07 Å². The number of hydrogen-bond donors (Lipinski definition) is 1. The molecule has 1 atom stereocenters. The molecule has 0 radical (unpaired) electrons. The zero-order chi connectivity index (χ0) is 14.8. The van der Waals surface area contributed by atoms with Gasteiger partial charge in [0.2, 0.25) is 11.8 Å². The molecule has 1 unspecified atom stereocenters. The summed E-state index contributed by atoms with van der Waals surface area (Å²) in [5.41, 5.74) is 1.64. The second kappa shape index (κ2) is 5.51. The third-order valence-corrected chi connectivity index (χ3v) is 3.31. The molecule has 1 aliphatic rings. The third-order valence-electron chi connectivity index (χ3n) is 3.31. The van der Waals surface area contributed by atoms with Crippen LogP contribution in [0.25, 0.3) is 11.5 Å². The van der Waals surface area contributed by atoms with E-state index in [0.29, 0.717) is 31.5 Å². The van der Waals surface area contributed by atoms with Crippen molar-refractivity contribution >= 4 is 11.9 Å². The summed E-state index contributed by atoms with van der Waals surface area (Å²) in [6.45, 7) is 5.10. The Morgan fingerprint density at radius 2 is 2.33 bits per heavy atom. The van der Waals surface area contributed by atoms with Crippen LogP contribution in [0.3, 0.4) is 0 Å². The maximum absolute atomic E-state index is 11.8. The van der Waals surface area contributed by atoms with Crippen LogP contribution in [0.1, 0.15) is 12.6 Å². The SMILES string of the molecule is CCOC(=O)C1CNc2nc(-c3cccc(C)n3)nn2C1. The molecule has 3 heterocycles. The van der Waals surface area contributed by atoms with Crippen molar-refractivity contribution in [1.82, 2.24) is 19.7 Å². The number of pyridine rings is 1. The van der Waals surface area contributed by atoms with Crippen LogP contribution in [-0.2, 0) is 16.1 Å². The summed E-state index contributed by atoms with van der Waals surface area (Å²) < 4.78 is 6.75. The predicted octanol–water partition coefficient (Wildman–Crippen LogP) is 1.25. The average Bonchev–Trinajstić information content (AvgIpc) is 2.90. The topological polar surface area (TPSA) is 81.9 Å². The van der Waals surface area contributed by atoms with Crippen molar-refractivity contribution in [2.45, 2.75) is 20.4 Å². The molecule has 0 aliphatic carbocycles. The zero-order valence-electron chi connectivity index (χ0n) is 12.0. The lowest BCUT2D eigenvalue weighted by atomic mass is 10.1. The Bertz CT molecular complexity index is 667. The number of carbonyl (C=O) groups is 1. The maximum atomic E-state index is 11.8. The number of fused-ring (bicyclic) bond motifs is 1.